The SMILES string of the molecule is Cc1ccc(OCC(=O)N2CCN(c3ccc(-c4noc(C(F)(F)F)n4)cn3)CC2)cc1. The fourth-order valence-corrected chi connectivity index (χ4v) is 3.22. The van der Waals surface area contributed by atoms with Crippen LogP contribution in [0.15, 0.2) is 47.1 Å². The standard InChI is InChI=1S/C21H20F3N5O3/c1-14-2-5-16(6-3-14)31-13-18(30)29-10-8-28(9-11-29)17-7-4-15(12-25-17)19-26-20(32-27-19)21(22,23)24/h2-7,12H,8-11,13H2,1H3. The number of piperazine rings is 1. The van der Waals surface area contributed by atoms with E-state index in [0.717, 1.165) is 5.56 Å². The molecule has 1 saturated heterocycles. The summed E-state index contributed by atoms with van der Waals surface area (Å²) in [6.45, 7) is 4.12. The molecule has 1 aliphatic rings. The first kappa shape index (κ1) is 21.6. The van der Waals surface area contributed by atoms with Crippen LogP contribution in [0.25, 0.3) is 11.4 Å². The highest BCUT2D eigenvalue weighted by molar-refractivity contribution is 5.78. The first-order valence-corrected chi connectivity index (χ1v) is 9.89. The van der Waals surface area contributed by atoms with Gasteiger partial charge in [0.1, 0.15) is 11.6 Å². The highest BCUT2D eigenvalue weighted by Gasteiger charge is 2.38. The Morgan fingerprint density at radius 2 is 1.81 bits per heavy atom. The summed E-state index contributed by atoms with van der Waals surface area (Å²) in [6.07, 6.45) is -3.30. The van der Waals surface area contributed by atoms with Gasteiger partial charge in [-0.2, -0.15) is 18.2 Å². The van der Waals surface area contributed by atoms with Crippen LogP contribution in [-0.4, -0.2) is 58.7 Å². The molecule has 168 valence electrons. The summed E-state index contributed by atoms with van der Waals surface area (Å²) in [5.41, 5.74) is 1.43. The van der Waals surface area contributed by atoms with Crippen molar-refractivity contribution in [1.82, 2.24) is 20.0 Å². The molecular weight excluding hydrogens is 427 g/mol. The van der Waals surface area contributed by atoms with Crippen molar-refractivity contribution < 1.29 is 27.2 Å². The molecule has 1 fully saturated rings. The van der Waals surface area contributed by atoms with E-state index in [-0.39, 0.29) is 18.3 Å². The zero-order valence-electron chi connectivity index (χ0n) is 17.2. The maximum atomic E-state index is 12.6. The summed E-state index contributed by atoms with van der Waals surface area (Å²) in [6, 6.07) is 10.8. The van der Waals surface area contributed by atoms with Crippen LogP contribution >= 0.6 is 0 Å². The number of rotatable bonds is 5. The summed E-state index contributed by atoms with van der Waals surface area (Å²) >= 11 is 0. The van der Waals surface area contributed by atoms with E-state index in [4.69, 9.17) is 4.74 Å². The smallest absolute Gasteiger partial charge is 0.471 e. The number of pyridine rings is 1. The molecule has 0 spiro atoms. The minimum absolute atomic E-state index is 0.0272. The van der Waals surface area contributed by atoms with Gasteiger partial charge in [0.15, 0.2) is 6.61 Å². The molecule has 0 radical (unpaired) electrons. The number of benzene rings is 1. The van der Waals surface area contributed by atoms with Gasteiger partial charge in [-0.05, 0) is 31.2 Å². The van der Waals surface area contributed by atoms with E-state index in [0.29, 0.717) is 43.3 Å². The monoisotopic (exact) mass is 447 g/mol. The van der Waals surface area contributed by atoms with Crippen molar-refractivity contribution in [3.05, 3.63) is 54.0 Å². The average molecular weight is 447 g/mol. The Morgan fingerprint density at radius 1 is 1.09 bits per heavy atom. The zero-order chi connectivity index (χ0) is 22.7. The molecule has 1 aliphatic heterocycles. The Balaban J connectivity index is 1.29. The predicted octanol–water partition coefficient (Wildman–Crippen LogP) is 3.19. The van der Waals surface area contributed by atoms with Crippen LogP contribution in [-0.2, 0) is 11.0 Å². The van der Waals surface area contributed by atoms with E-state index >= 15 is 0 Å². The van der Waals surface area contributed by atoms with Gasteiger partial charge in [0, 0.05) is 37.9 Å². The molecule has 1 aromatic carbocycles. The third-order valence-electron chi connectivity index (χ3n) is 5.01. The van der Waals surface area contributed by atoms with Crippen LogP contribution in [0.2, 0.25) is 0 Å². The van der Waals surface area contributed by atoms with Gasteiger partial charge in [-0.3, -0.25) is 4.79 Å². The normalized spacial score (nSPS) is 14.5. The molecule has 11 heteroatoms. The first-order chi connectivity index (χ1) is 15.3. The molecule has 3 heterocycles. The molecule has 0 unspecified atom stereocenters. The maximum absolute atomic E-state index is 12.6. The van der Waals surface area contributed by atoms with Crippen LogP contribution in [0.4, 0.5) is 19.0 Å². The molecule has 0 aliphatic carbocycles. The van der Waals surface area contributed by atoms with Crippen molar-refractivity contribution >= 4 is 11.7 Å². The van der Waals surface area contributed by atoms with E-state index in [1.165, 1.54) is 6.20 Å². The molecule has 2 aromatic heterocycles. The predicted molar refractivity (Wildman–Crippen MR) is 108 cm³/mol. The number of ether oxygens (including phenoxy) is 1. The molecule has 3 aromatic rings. The molecule has 0 N–H and O–H groups in total. The molecule has 32 heavy (non-hydrogen) atoms. The quantitative estimate of drug-likeness (QED) is 0.594. The Bertz CT molecular complexity index is 1060. The van der Waals surface area contributed by atoms with Gasteiger partial charge in [-0.25, -0.2) is 4.98 Å². The van der Waals surface area contributed by atoms with Gasteiger partial charge in [-0.1, -0.05) is 22.9 Å². The van der Waals surface area contributed by atoms with Crippen molar-refractivity contribution in [1.29, 1.82) is 0 Å². The third kappa shape index (κ3) is 4.98. The molecule has 8 nitrogen and oxygen atoms in total. The molecule has 0 bridgehead atoms. The van der Waals surface area contributed by atoms with E-state index in [1.54, 1.807) is 17.0 Å². The minimum atomic E-state index is -4.69. The number of aromatic nitrogens is 3. The lowest BCUT2D eigenvalue weighted by atomic mass is 10.2. The van der Waals surface area contributed by atoms with Crippen molar-refractivity contribution in [3.8, 4) is 17.1 Å². The summed E-state index contributed by atoms with van der Waals surface area (Å²) in [7, 11) is 0. The van der Waals surface area contributed by atoms with Gasteiger partial charge in [0.2, 0.25) is 5.82 Å². The van der Waals surface area contributed by atoms with E-state index < -0.39 is 12.1 Å². The largest absolute Gasteiger partial charge is 0.484 e. The van der Waals surface area contributed by atoms with Gasteiger partial charge in [-0.15, -0.1) is 0 Å². The molecule has 4 rings (SSSR count). The van der Waals surface area contributed by atoms with Gasteiger partial charge in [0.25, 0.3) is 5.91 Å². The topological polar surface area (TPSA) is 84.6 Å². The number of hydrogen-bond acceptors (Lipinski definition) is 7. The third-order valence-corrected chi connectivity index (χ3v) is 5.01. The number of anilines is 1. The number of halogens is 3. The highest BCUT2D eigenvalue weighted by atomic mass is 19.4. The minimum Gasteiger partial charge on any atom is -0.484 e. The Morgan fingerprint density at radius 3 is 2.41 bits per heavy atom. The molecule has 0 saturated carbocycles. The number of nitrogens with zero attached hydrogens (tertiary/aromatic N) is 5. The second kappa shape index (κ2) is 8.85. The number of aryl methyl sites for hydroxylation is 1. The number of carbonyl (C=O) groups excluding carboxylic acids is 1. The van der Waals surface area contributed by atoms with Crippen molar-refractivity contribution in [2.75, 3.05) is 37.7 Å². The molecular formula is C21H20F3N5O3. The maximum Gasteiger partial charge on any atom is 0.471 e. The Kier molecular flexibility index (Phi) is 5.97. The number of amides is 1. The Labute approximate surface area is 181 Å². The van der Waals surface area contributed by atoms with E-state index in [9.17, 15) is 18.0 Å². The van der Waals surface area contributed by atoms with Gasteiger partial charge < -0.3 is 19.1 Å². The van der Waals surface area contributed by atoms with Crippen LogP contribution in [0, 0.1) is 6.92 Å². The molecule has 1 amide bonds. The Hall–Kier alpha value is -3.63. The second-order valence-corrected chi connectivity index (χ2v) is 7.30. The number of carbonyl (C=O) groups is 1. The van der Waals surface area contributed by atoms with Crippen molar-refractivity contribution in [3.63, 3.8) is 0 Å². The van der Waals surface area contributed by atoms with Gasteiger partial charge >= 0.3 is 12.1 Å². The summed E-state index contributed by atoms with van der Waals surface area (Å²) in [4.78, 5) is 23.8. The lowest BCUT2D eigenvalue weighted by Crippen LogP contribution is -2.50. The summed E-state index contributed by atoms with van der Waals surface area (Å²) < 4.78 is 47.6. The van der Waals surface area contributed by atoms with Crippen molar-refractivity contribution in [2.24, 2.45) is 0 Å². The lowest BCUT2D eigenvalue weighted by Gasteiger charge is -2.35. The first-order valence-electron chi connectivity index (χ1n) is 9.89. The highest BCUT2D eigenvalue weighted by Crippen LogP contribution is 2.29. The van der Waals surface area contributed by atoms with E-state index in [2.05, 4.69) is 19.6 Å². The lowest BCUT2D eigenvalue weighted by molar-refractivity contribution is -0.159. The molecule has 0 atom stereocenters. The van der Waals surface area contributed by atoms with E-state index in [1.807, 2.05) is 36.1 Å². The van der Waals surface area contributed by atoms with Gasteiger partial charge in [0.05, 0.1) is 0 Å². The van der Waals surface area contributed by atoms with Crippen LogP contribution < -0.4 is 9.64 Å². The number of hydrogen-bond donors (Lipinski definition) is 0. The summed E-state index contributed by atoms with van der Waals surface area (Å²) in [5, 5.41) is 3.35. The van der Waals surface area contributed by atoms with Crippen LogP contribution in [0.5, 0.6) is 5.75 Å². The second-order valence-electron chi connectivity index (χ2n) is 7.30. The van der Waals surface area contributed by atoms with Crippen molar-refractivity contribution in [2.45, 2.75) is 13.1 Å². The van der Waals surface area contributed by atoms with Crippen LogP contribution in [0.1, 0.15) is 11.5 Å². The zero-order valence-corrected chi connectivity index (χ0v) is 17.2. The van der Waals surface area contributed by atoms with Crippen LogP contribution in [0.3, 0.4) is 0 Å². The number of alkyl halides is 3. The fourth-order valence-electron chi connectivity index (χ4n) is 3.22. The summed E-state index contributed by atoms with van der Waals surface area (Å²) in [5.74, 6) is -0.373. The average Bonchev–Trinajstić information content (AvgIpc) is 3.30. The fraction of sp³-hybridized carbons (Fsp3) is 0.333.